The summed E-state index contributed by atoms with van der Waals surface area (Å²) < 4.78 is 6.08. The first-order valence-electron chi connectivity index (χ1n) is 2.86. The van der Waals surface area contributed by atoms with Crippen LogP contribution in [0.5, 0.6) is 0 Å². The van der Waals surface area contributed by atoms with Crippen molar-refractivity contribution in [1.29, 1.82) is 0 Å². The third kappa shape index (κ3) is 2.64. The quantitative estimate of drug-likeness (QED) is 0.489. The minimum absolute atomic E-state index is 0.165. The van der Waals surface area contributed by atoms with Crippen LogP contribution in [0.1, 0.15) is 0 Å². The standard InChI is InChI=1S/C7H8IO2/c9-6-10-8-7-4-2-1-3-5-7/h1-5,9H,6H2/q-1. The molecule has 1 aromatic carbocycles. The summed E-state index contributed by atoms with van der Waals surface area (Å²) in [6, 6.07) is 9.91. The Balaban J connectivity index is 2.43. The number of hydrogen-bond donors (Lipinski definition) is 1. The Bertz CT molecular complexity index is 176. The Morgan fingerprint density at radius 3 is 2.60 bits per heavy atom. The third-order valence-corrected chi connectivity index (χ3v) is 2.74. The van der Waals surface area contributed by atoms with Crippen LogP contribution in [0, 0.1) is 3.57 Å². The van der Waals surface area contributed by atoms with Crippen LogP contribution >= 0.6 is 0 Å². The van der Waals surface area contributed by atoms with Gasteiger partial charge in [0.05, 0.1) is 0 Å². The predicted molar refractivity (Wildman–Crippen MR) is 33.3 cm³/mol. The van der Waals surface area contributed by atoms with Gasteiger partial charge in [-0.1, -0.05) is 0 Å². The van der Waals surface area contributed by atoms with E-state index < -0.39 is 21.6 Å². The zero-order chi connectivity index (χ0) is 7.23. The van der Waals surface area contributed by atoms with E-state index in [2.05, 4.69) is 0 Å². The van der Waals surface area contributed by atoms with Crippen LogP contribution in [0.15, 0.2) is 30.3 Å². The number of hydrogen-bond acceptors (Lipinski definition) is 2. The Morgan fingerprint density at radius 1 is 1.30 bits per heavy atom. The van der Waals surface area contributed by atoms with Gasteiger partial charge < -0.3 is 0 Å². The summed E-state index contributed by atoms with van der Waals surface area (Å²) in [7, 11) is 0. The van der Waals surface area contributed by atoms with Crippen molar-refractivity contribution in [1.82, 2.24) is 0 Å². The monoisotopic (exact) mass is 251 g/mol. The molecule has 0 fully saturated rings. The van der Waals surface area contributed by atoms with Crippen molar-refractivity contribution in [2.75, 3.05) is 6.79 Å². The average Bonchev–Trinajstić information content (AvgIpc) is 2.03. The molecule has 1 aromatic rings. The van der Waals surface area contributed by atoms with Crippen LogP contribution in [-0.4, -0.2) is 11.9 Å². The molecule has 0 spiro atoms. The minimum atomic E-state index is -0.423. The Hall–Kier alpha value is -0.130. The summed E-state index contributed by atoms with van der Waals surface area (Å²) in [5.41, 5.74) is 0. The Kier molecular flexibility index (Phi) is 3.71. The molecule has 56 valence electrons. The van der Waals surface area contributed by atoms with Gasteiger partial charge in [-0.25, -0.2) is 0 Å². The topological polar surface area (TPSA) is 29.5 Å². The molecule has 0 aliphatic rings. The summed E-state index contributed by atoms with van der Waals surface area (Å²) in [4.78, 5) is 0. The van der Waals surface area contributed by atoms with E-state index in [9.17, 15) is 0 Å². The van der Waals surface area contributed by atoms with Gasteiger partial charge in [-0.2, -0.15) is 0 Å². The molecular formula is C7H8IO2-. The first kappa shape index (κ1) is 7.97. The number of rotatable bonds is 3. The molecule has 10 heavy (non-hydrogen) atoms. The molecule has 1 N–H and O–H groups in total. The van der Waals surface area contributed by atoms with Crippen molar-refractivity contribution in [3.63, 3.8) is 0 Å². The number of aliphatic hydroxyl groups is 1. The van der Waals surface area contributed by atoms with Gasteiger partial charge in [0.2, 0.25) is 0 Å². The second-order valence-corrected chi connectivity index (χ2v) is 3.92. The molecule has 0 unspecified atom stereocenters. The van der Waals surface area contributed by atoms with E-state index >= 15 is 0 Å². The van der Waals surface area contributed by atoms with Crippen LogP contribution in [0.25, 0.3) is 0 Å². The third-order valence-electron chi connectivity index (χ3n) is 0.926. The van der Waals surface area contributed by atoms with Gasteiger partial charge >= 0.3 is 70.5 Å². The number of benzene rings is 1. The van der Waals surface area contributed by atoms with Crippen molar-refractivity contribution in [3.8, 4) is 0 Å². The van der Waals surface area contributed by atoms with Crippen LogP contribution in [0.2, 0.25) is 0 Å². The van der Waals surface area contributed by atoms with Gasteiger partial charge in [-0.15, -0.1) is 0 Å². The predicted octanol–water partition coefficient (Wildman–Crippen LogP) is -2.17. The zero-order valence-electron chi connectivity index (χ0n) is 5.33. The summed E-state index contributed by atoms with van der Waals surface area (Å²) >= 11 is -0.423. The second-order valence-electron chi connectivity index (χ2n) is 1.61. The molecule has 0 aromatic heterocycles. The van der Waals surface area contributed by atoms with E-state index in [1.807, 2.05) is 30.3 Å². The van der Waals surface area contributed by atoms with Gasteiger partial charge in [0.15, 0.2) is 0 Å². The Labute approximate surface area is 70.6 Å². The molecule has 3 heteroatoms. The number of aliphatic hydroxyl groups excluding tert-OH is 1. The van der Waals surface area contributed by atoms with Gasteiger partial charge in [-0.3, -0.25) is 0 Å². The van der Waals surface area contributed by atoms with Crippen molar-refractivity contribution in [2.45, 2.75) is 0 Å². The SMILES string of the molecule is OCO[I-]c1ccccc1. The molecule has 0 heterocycles. The van der Waals surface area contributed by atoms with Crippen molar-refractivity contribution in [3.05, 3.63) is 33.9 Å². The van der Waals surface area contributed by atoms with Gasteiger partial charge in [-0.05, 0) is 0 Å². The molecule has 0 saturated carbocycles. The maximum absolute atomic E-state index is 8.33. The zero-order valence-corrected chi connectivity index (χ0v) is 7.48. The molecule has 1 rings (SSSR count). The molecule has 0 amide bonds. The van der Waals surface area contributed by atoms with Gasteiger partial charge in [0.25, 0.3) is 0 Å². The fourth-order valence-corrected chi connectivity index (χ4v) is 1.76. The van der Waals surface area contributed by atoms with E-state index in [-0.39, 0.29) is 6.79 Å². The first-order chi connectivity index (χ1) is 4.93. The van der Waals surface area contributed by atoms with E-state index in [4.69, 9.17) is 8.17 Å². The molecule has 0 saturated heterocycles. The van der Waals surface area contributed by atoms with Crippen molar-refractivity contribution in [2.24, 2.45) is 0 Å². The maximum atomic E-state index is 8.33. The van der Waals surface area contributed by atoms with Gasteiger partial charge in [0.1, 0.15) is 0 Å². The van der Waals surface area contributed by atoms with E-state index in [0.717, 1.165) is 0 Å². The number of halogens is 1. The van der Waals surface area contributed by atoms with Crippen LogP contribution in [-0.2, 0) is 3.07 Å². The molecule has 0 aliphatic heterocycles. The summed E-state index contributed by atoms with van der Waals surface area (Å²) in [6.07, 6.45) is 0. The molecule has 0 atom stereocenters. The van der Waals surface area contributed by atoms with Gasteiger partial charge in [0, 0.05) is 0 Å². The van der Waals surface area contributed by atoms with Crippen LogP contribution < -0.4 is 21.6 Å². The Morgan fingerprint density at radius 2 is 2.00 bits per heavy atom. The molecule has 0 aliphatic carbocycles. The summed E-state index contributed by atoms with van der Waals surface area (Å²) in [5, 5.41) is 8.33. The van der Waals surface area contributed by atoms with E-state index in [0.29, 0.717) is 0 Å². The summed E-state index contributed by atoms with van der Waals surface area (Å²) in [5.74, 6) is 0. The van der Waals surface area contributed by atoms with E-state index in [1.165, 1.54) is 3.57 Å². The van der Waals surface area contributed by atoms with E-state index in [1.54, 1.807) is 0 Å². The van der Waals surface area contributed by atoms with Crippen molar-refractivity contribution >= 4 is 0 Å². The first-order valence-corrected chi connectivity index (χ1v) is 4.82. The van der Waals surface area contributed by atoms with Crippen LogP contribution in [0.3, 0.4) is 0 Å². The molecule has 0 radical (unpaired) electrons. The fourth-order valence-electron chi connectivity index (χ4n) is 0.553. The molecule has 0 bridgehead atoms. The summed E-state index contributed by atoms with van der Waals surface area (Å²) in [6.45, 7) is -0.165. The van der Waals surface area contributed by atoms with Crippen LogP contribution in [0.4, 0.5) is 0 Å². The average molecular weight is 251 g/mol. The normalized spacial score (nSPS) is 10.1. The second kappa shape index (κ2) is 4.65. The van der Waals surface area contributed by atoms with Crippen molar-refractivity contribution < 1.29 is 29.8 Å². The fraction of sp³-hybridized carbons (Fsp3) is 0.143. The molecular weight excluding hydrogens is 243 g/mol. The molecule has 2 nitrogen and oxygen atoms in total.